The maximum absolute atomic E-state index is 10.9. The van der Waals surface area contributed by atoms with Gasteiger partial charge in [0.2, 0.25) is 0 Å². The molecule has 0 aliphatic rings. The van der Waals surface area contributed by atoms with Gasteiger partial charge in [-0.05, 0) is 12.1 Å². The summed E-state index contributed by atoms with van der Waals surface area (Å²) in [4.78, 5) is 22.2. The molecule has 0 fully saturated rings. The number of rotatable bonds is 5. The molecule has 1 rings (SSSR count). The number of carbonyl (C=O) groups is 1. The second kappa shape index (κ2) is 5.98. The van der Waals surface area contributed by atoms with Gasteiger partial charge in [-0.3, -0.25) is 10.1 Å². The van der Waals surface area contributed by atoms with Crippen LogP contribution in [0.3, 0.4) is 0 Å². The molecule has 0 bridgehead atoms. The largest absolute Gasteiger partial charge is 0.478 e. The minimum Gasteiger partial charge on any atom is -0.478 e. The molecule has 8 nitrogen and oxygen atoms in total. The average molecular weight is 260 g/mol. The molecule has 8 heteroatoms. The van der Waals surface area contributed by atoms with E-state index in [1.165, 1.54) is 0 Å². The highest BCUT2D eigenvalue weighted by atomic mass is 16.6. The molecule has 0 amide bonds. The summed E-state index contributed by atoms with van der Waals surface area (Å²) in [5.74, 6) is -1.25. The number of carboxylic acid groups (broad SMARTS) is 1. The second-order valence-corrected chi connectivity index (χ2v) is 3.44. The van der Waals surface area contributed by atoms with Crippen LogP contribution in [0.2, 0.25) is 0 Å². The molecule has 1 aromatic rings. The number of nitrogens with zero attached hydrogens (tertiary/aromatic N) is 4. The van der Waals surface area contributed by atoms with Crippen molar-refractivity contribution in [1.82, 2.24) is 0 Å². The molecule has 0 aromatic heterocycles. The Kier molecular flexibility index (Phi) is 4.39. The van der Waals surface area contributed by atoms with Gasteiger partial charge in [0, 0.05) is 6.07 Å². The third kappa shape index (κ3) is 3.17. The van der Waals surface area contributed by atoms with Crippen molar-refractivity contribution in [2.75, 3.05) is 18.0 Å². The molecule has 0 atom stereocenters. The molecule has 0 radical (unpaired) electrons. The third-order valence-electron chi connectivity index (χ3n) is 2.28. The van der Waals surface area contributed by atoms with Gasteiger partial charge in [-0.1, -0.05) is 0 Å². The molecule has 19 heavy (non-hydrogen) atoms. The Hall–Kier alpha value is -3.13. The van der Waals surface area contributed by atoms with E-state index in [1.807, 2.05) is 0 Å². The minimum atomic E-state index is -1.25. The van der Waals surface area contributed by atoms with Crippen molar-refractivity contribution in [3.05, 3.63) is 33.9 Å². The van der Waals surface area contributed by atoms with E-state index < -0.39 is 10.9 Å². The van der Waals surface area contributed by atoms with Crippen LogP contribution in [0, 0.1) is 32.8 Å². The van der Waals surface area contributed by atoms with Crippen LogP contribution in [0.4, 0.5) is 11.4 Å². The fraction of sp³-hybridized carbons (Fsp3) is 0.182. The summed E-state index contributed by atoms with van der Waals surface area (Å²) in [6, 6.07) is 6.76. The Labute approximate surface area is 107 Å². The summed E-state index contributed by atoms with van der Waals surface area (Å²) in [5.41, 5.74) is -0.565. The normalized spacial score (nSPS) is 9.16. The summed E-state index contributed by atoms with van der Waals surface area (Å²) >= 11 is 0. The van der Waals surface area contributed by atoms with E-state index in [2.05, 4.69) is 0 Å². The van der Waals surface area contributed by atoms with E-state index in [0.29, 0.717) is 0 Å². The molecule has 0 spiro atoms. The van der Waals surface area contributed by atoms with Crippen LogP contribution in [0.5, 0.6) is 0 Å². The molecule has 0 saturated heterocycles. The molecule has 1 aromatic carbocycles. The first-order valence-electron chi connectivity index (χ1n) is 5.01. The van der Waals surface area contributed by atoms with Gasteiger partial charge in [0.1, 0.15) is 18.8 Å². The van der Waals surface area contributed by atoms with Crippen LogP contribution in [0.15, 0.2) is 18.2 Å². The summed E-state index contributed by atoms with van der Waals surface area (Å²) in [6.07, 6.45) is 0. The Morgan fingerprint density at radius 1 is 1.37 bits per heavy atom. The van der Waals surface area contributed by atoms with Crippen molar-refractivity contribution in [3.63, 3.8) is 0 Å². The Morgan fingerprint density at radius 2 is 1.95 bits per heavy atom. The first-order valence-corrected chi connectivity index (χ1v) is 5.01. The highest BCUT2D eigenvalue weighted by Crippen LogP contribution is 2.29. The average Bonchev–Trinajstić information content (AvgIpc) is 2.37. The second-order valence-electron chi connectivity index (χ2n) is 3.44. The van der Waals surface area contributed by atoms with Gasteiger partial charge in [0.05, 0.1) is 22.6 Å². The van der Waals surface area contributed by atoms with E-state index in [1.54, 1.807) is 12.1 Å². The summed E-state index contributed by atoms with van der Waals surface area (Å²) in [7, 11) is 0. The van der Waals surface area contributed by atoms with Gasteiger partial charge in [0.15, 0.2) is 0 Å². The van der Waals surface area contributed by atoms with Crippen LogP contribution in [-0.4, -0.2) is 29.1 Å². The molecule has 1 N–H and O–H groups in total. The lowest BCUT2D eigenvalue weighted by molar-refractivity contribution is -0.384. The maximum Gasteiger partial charge on any atom is 0.335 e. The highest BCUT2D eigenvalue weighted by Gasteiger charge is 2.21. The van der Waals surface area contributed by atoms with E-state index in [4.69, 9.17) is 15.6 Å². The molecule has 0 heterocycles. The van der Waals surface area contributed by atoms with Gasteiger partial charge in [-0.2, -0.15) is 10.5 Å². The number of nitriles is 2. The summed E-state index contributed by atoms with van der Waals surface area (Å²) in [6.45, 7) is -0.505. The lowest BCUT2D eigenvalue weighted by Crippen LogP contribution is -2.25. The van der Waals surface area contributed by atoms with Crippen molar-refractivity contribution >= 4 is 17.3 Å². The predicted molar refractivity (Wildman–Crippen MR) is 63.5 cm³/mol. The SMILES string of the molecule is N#CCN(CC#N)c1cc(C(=O)O)ccc1[N+](=O)[O-]. The lowest BCUT2D eigenvalue weighted by Gasteiger charge is -2.18. The Balaban J connectivity index is 3.38. The zero-order chi connectivity index (χ0) is 14.4. The number of nitro benzene ring substituents is 1. The van der Waals surface area contributed by atoms with Crippen LogP contribution < -0.4 is 4.90 Å². The van der Waals surface area contributed by atoms with E-state index >= 15 is 0 Å². The molecular formula is C11H8N4O4. The smallest absolute Gasteiger partial charge is 0.335 e. The molecule has 0 unspecified atom stereocenters. The molecule has 0 saturated carbocycles. The fourth-order valence-corrected chi connectivity index (χ4v) is 1.46. The molecule has 96 valence electrons. The van der Waals surface area contributed by atoms with Gasteiger partial charge in [0.25, 0.3) is 5.69 Å². The van der Waals surface area contributed by atoms with Gasteiger partial charge >= 0.3 is 5.97 Å². The lowest BCUT2D eigenvalue weighted by atomic mass is 10.1. The van der Waals surface area contributed by atoms with Crippen LogP contribution in [-0.2, 0) is 0 Å². The van der Waals surface area contributed by atoms with Crippen molar-refractivity contribution < 1.29 is 14.8 Å². The quantitative estimate of drug-likeness (QED) is 0.477. The standard InChI is InChI=1S/C11H8N4O4/c12-3-5-14(6-4-13)10-7-8(11(16)17)1-2-9(10)15(18)19/h1-2,7H,5-6H2,(H,16,17). The maximum atomic E-state index is 10.9. The number of hydrogen-bond donors (Lipinski definition) is 1. The number of benzene rings is 1. The molecule has 0 aliphatic heterocycles. The summed E-state index contributed by atoms with van der Waals surface area (Å²) in [5, 5.41) is 37.0. The van der Waals surface area contributed by atoms with Gasteiger partial charge in [-0.15, -0.1) is 0 Å². The third-order valence-corrected chi connectivity index (χ3v) is 2.28. The number of nitro groups is 1. The number of carboxylic acids is 1. The Morgan fingerprint density at radius 3 is 2.37 bits per heavy atom. The Bertz CT molecular complexity index is 584. The van der Waals surface area contributed by atoms with Gasteiger partial charge in [-0.25, -0.2) is 4.79 Å². The van der Waals surface area contributed by atoms with E-state index in [9.17, 15) is 14.9 Å². The van der Waals surface area contributed by atoms with Gasteiger partial charge < -0.3 is 10.0 Å². The number of anilines is 1. The summed E-state index contributed by atoms with van der Waals surface area (Å²) < 4.78 is 0. The first kappa shape index (κ1) is 13.9. The predicted octanol–water partition coefficient (Wildman–Crippen LogP) is 1.15. The highest BCUT2D eigenvalue weighted by molar-refractivity contribution is 5.90. The number of hydrogen-bond acceptors (Lipinski definition) is 6. The molecule has 0 aliphatic carbocycles. The van der Waals surface area contributed by atoms with Crippen molar-refractivity contribution in [2.45, 2.75) is 0 Å². The number of aromatic carboxylic acids is 1. The van der Waals surface area contributed by atoms with Crippen LogP contribution in [0.1, 0.15) is 10.4 Å². The van der Waals surface area contributed by atoms with Crippen molar-refractivity contribution in [3.8, 4) is 12.1 Å². The first-order chi connectivity index (χ1) is 9.01. The van der Waals surface area contributed by atoms with Crippen LogP contribution in [0.25, 0.3) is 0 Å². The zero-order valence-corrected chi connectivity index (χ0v) is 9.61. The van der Waals surface area contributed by atoms with Crippen molar-refractivity contribution in [1.29, 1.82) is 10.5 Å². The molecular weight excluding hydrogens is 252 g/mol. The fourth-order valence-electron chi connectivity index (χ4n) is 1.46. The van der Waals surface area contributed by atoms with E-state index in [-0.39, 0.29) is 30.0 Å². The minimum absolute atomic E-state index is 0.0620. The van der Waals surface area contributed by atoms with Crippen LogP contribution >= 0.6 is 0 Å². The zero-order valence-electron chi connectivity index (χ0n) is 9.61. The topological polar surface area (TPSA) is 131 Å². The van der Waals surface area contributed by atoms with E-state index in [0.717, 1.165) is 23.1 Å². The van der Waals surface area contributed by atoms with Crippen molar-refractivity contribution in [2.24, 2.45) is 0 Å². The monoisotopic (exact) mass is 260 g/mol.